The van der Waals surface area contributed by atoms with E-state index in [9.17, 15) is 5.11 Å². The molecule has 186 valence electrons. The van der Waals surface area contributed by atoms with Crippen molar-refractivity contribution in [3.8, 4) is 11.1 Å². The molecule has 1 atom stereocenters. The van der Waals surface area contributed by atoms with Gasteiger partial charge in [0, 0.05) is 47.0 Å². The zero-order chi connectivity index (χ0) is 26.0. The summed E-state index contributed by atoms with van der Waals surface area (Å²) >= 11 is 13.5. The van der Waals surface area contributed by atoms with Crippen LogP contribution in [0.4, 0.5) is 5.82 Å². The van der Waals surface area contributed by atoms with Crippen LogP contribution in [0.5, 0.6) is 0 Å². The number of hydrogen-bond acceptors (Lipinski definition) is 4. The molecule has 5 rings (SSSR count). The molecular weight excluding hydrogens is 501 g/mol. The summed E-state index contributed by atoms with van der Waals surface area (Å²) in [5.41, 5.74) is 3.04. The highest BCUT2D eigenvalue weighted by Crippen LogP contribution is 2.43. The largest absolute Gasteiger partial charge is 0.376 e. The maximum absolute atomic E-state index is 12.3. The number of halogens is 2. The first kappa shape index (κ1) is 25.2. The summed E-state index contributed by atoms with van der Waals surface area (Å²) in [6.07, 6.45) is 3.35. The Morgan fingerprint density at radius 1 is 0.811 bits per heavy atom. The van der Waals surface area contributed by atoms with Crippen molar-refractivity contribution >= 4 is 39.9 Å². The van der Waals surface area contributed by atoms with E-state index in [1.807, 2.05) is 72.8 Å². The van der Waals surface area contributed by atoms with Crippen LogP contribution in [0.2, 0.25) is 10.0 Å². The van der Waals surface area contributed by atoms with Crippen LogP contribution in [0, 0.1) is 0 Å². The van der Waals surface area contributed by atoms with Crippen molar-refractivity contribution < 1.29 is 5.11 Å². The number of nitrogens with zero attached hydrogens (tertiary/aromatic N) is 3. The van der Waals surface area contributed by atoms with Gasteiger partial charge in [0.1, 0.15) is 11.4 Å². The number of anilines is 1. The monoisotopic (exact) mass is 527 g/mol. The van der Waals surface area contributed by atoms with Crippen LogP contribution < -0.4 is 4.90 Å². The number of hydrogen-bond donors (Lipinski definition) is 1. The standard InChI is InChI=1S/C31H27Cl2N3O/c1-3-36(4-2)30-28(21-10-6-5-7-11-21)29(33)26-19-23(15-16-27(26)35-30)31(37,24-13-9-17-34-20-24)22-12-8-14-25(32)18-22/h5-20,37H,3-4H2,1-2H3. The summed E-state index contributed by atoms with van der Waals surface area (Å²) in [5.74, 6) is 0.846. The quantitative estimate of drug-likeness (QED) is 0.235. The van der Waals surface area contributed by atoms with Gasteiger partial charge in [0.05, 0.1) is 10.5 Å². The minimum Gasteiger partial charge on any atom is -0.376 e. The van der Waals surface area contributed by atoms with Gasteiger partial charge in [0.2, 0.25) is 0 Å². The summed E-state index contributed by atoms with van der Waals surface area (Å²) in [6, 6.07) is 26.7. The lowest BCUT2D eigenvalue weighted by Crippen LogP contribution is -2.29. The molecule has 0 radical (unpaired) electrons. The first-order valence-electron chi connectivity index (χ1n) is 12.3. The highest BCUT2D eigenvalue weighted by atomic mass is 35.5. The minimum atomic E-state index is -1.50. The molecule has 1 unspecified atom stereocenters. The fourth-order valence-corrected chi connectivity index (χ4v) is 5.38. The number of rotatable bonds is 7. The molecule has 6 heteroatoms. The third-order valence-corrected chi connectivity index (χ3v) is 7.40. The molecular formula is C31H27Cl2N3O. The second-order valence-electron chi connectivity index (χ2n) is 8.86. The van der Waals surface area contributed by atoms with Crippen molar-refractivity contribution in [1.29, 1.82) is 0 Å². The summed E-state index contributed by atoms with van der Waals surface area (Å²) in [7, 11) is 0. The molecule has 0 fully saturated rings. The minimum absolute atomic E-state index is 0.538. The van der Waals surface area contributed by atoms with E-state index in [4.69, 9.17) is 28.2 Å². The molecule has 1 N–H and O–H groups in total. The predicted octanol–water partition coefficient (Wildman–Crippen LogP) is 7.73. The van der Waals surface area contributed by atoms with Gasteiger partial charge in [-0.2, -0.15) is 0 Å². The SMILES string of the molecule is CCN(CC)c1nc2ccc(C(O)(c3cccnc3)c3cccc(Cl)c3)cc2c(Cl)c1-c1ccccc1. The maximum atomic E-state index is 12.3. The predicted molar refractivity (Wildman–Crippen MR) is 154 cm³/mol. The van der Waals surface area contributed by atoms with E-state index in [2.05, 4.69) is 23.7 Å². The number of pyridine rings is 2. The third kappa shape index (κ3) is 4.57. The average molecular weight is 528 g/mol. The molecule has 2 aromatic heterocycles. The number of aromatic nitrogens is 2. The van der Waals surface area contributed by atoms with Crippen LogP contribution in [0.25, 0.3) is 22.0 Å². The van der Waals surface area contributed by atoms with Crippen molar-refractivity contribution in [1.82, 2.24) is 9.97 Å². The van der Waals surface area contributed by atoms with Crippen LogP contribution in [-0.4, -0.2) is 28.2 Å². The average Bonchev–Trinajstić information content (AvgIpc) is 2.94. The van der Waals surface area contributed by atoms with E-state index >= 15 is 0 Å². The molecule has 0 aliphatic carbocycles. The highest BCUT2D eigenvalue weighted by molar-refractivity contribution is 6.39. The summed E-state index contributed by atoms with van der Waals surface area (Å²) in [5, 5.41) is 14.2. The number of fused-ring (bicyclic) bond motifs is 1. The topological polar surface area (TPSA) is 49.2 Å². The molecule has 0 bridgehead atoms. The van der Waals surface area contributed by atoms with Gasteiger partial charge in [0.25, 0.3) is 0 Å². The summed E-state index contributed by atoms with van der Waals surface area (Å²) < 4.78 is 0. The van der Waals surface area contributed by atoms with Crippen LogP contribution >= 0.6 is 23.2 Å². The normalized spacial score (nSPS) is 12.9. The van der Waals surface area contributed by atoms with Crippen LogP contribution in [0.15, 0.2) is 97.3 Å². The number of aliphatic hydroxyl groups is 1. The Bertz CT molecular complexity index is 1540. The first-order valence-corrected chi connectivity index (χ1v) is 13.1. The molecule has 3 aromatic carbocycles. The van der Waals surface area contributed by atoms with Gasteiger partial charge in [-0.15, -0.1) is 0 Å². The maximum Gasteiger partial charge on any atom is 0.142 e. The molecule has 2 heterocycles. The van der Waals surface area contributed by atoms with Crippen molar-refractivity contribution in [2.75, 3.05) is 18.0 Å². The summed E-state index contributed by atoms with van der Waals surface area (Å²) in [4.78, 5) is 11.5. The zero-order valence-corrected chi connectivity index (χ0v) is 22.2. The van der Waals surface area contributed by atoms with Crippen molar-refractivity contribution in [3.63, 3.8) is 0 Å². The Labute approximate surface area is 227 Å². The van der Waals surface area contributed by atoms with E-state index < -0.39 is 5.60 Å². The molecule has 0 spiro atoms. The van der Waals surface area contributed by atoms with Crippen molar-refractivity contribution in [2.45, 2.75) is 19.4 Å². The van der Waals surface area contributed by atoms with Gasteiger partial charge >= 0.3 is 0 Å². The molecule has 0 saturated carbocycles. The second-order valence-corrected chi connectivity index (χ2v) is 9.67. The lowest BCUT2D eigenvalue weighted by atomic mass is 9.80. The Balaban J connectivity index is 1.80. The lowest BCUT2D eigenvalue weighted by molar-refractivity contribution is 0.125. The molecule has 5 aromatic rings. The van der Waals surface area contributed by atoms with Crippen LogP contribution in [-0.2, 0) is 5.60 Å². The molecule has 0 saturated heterocycles. The second kappa shape index (κ2) is 10.5. The summed E-state index contributed by atoms with van der Waals surface area (Å²) in [6.45, 7) is 5.83. The van der Waals surface area contributed by atoms with Crippen molar-refractivity contribution in [3.05, 3.63) is 124 Å². The Hall–Kier alpha value is -3.44. The van der Waals surface area contributed by atoms with Gasteiger partial charge in [-0.25, -0.2) is 4.98 Å². The fraction of sp³-hybridized carbons (Fsp3) is 0.161. The fourth-order valence-electron chi connectivity index (χ4n) is 4.84. The number of benzene rings is 3. The highest BCUT2D eigenvalue weighted by Gasteiger charge is 2.35. The molecule has 0 amide bonds. The van der Waals surface area contributed by atoms with Gasteiger partial charge in [-0.3, -0.25) is 4.98 Å². The van der Waals surface area contributed by atoms with E-state index in [-0.39, 0.29) is 0 Å². The lowest BCUT2D eigenvalue weighted by Gasteiger charge is -2.30. The zero-order valence-electron chi connectivity index (χ0n) is 20.7. The molecule has 37 heavy (non-hydrogen) atoms. The first-order chi connectivity index (χ1) is 18.0. The van der Waals surface area contributed by atoms with E-state index in [1.165, 1.54) is 0 Å². The molecule has 0 aliphatic rings. The van der Waals surface area contributed by atoms with Crippen LogP contribution in [0.3, 0.4) is 0 Å². The van der Waals surface area contributed by atoms with Gasteiger partial charge in [0.15, 0.2) is 0 Å². The van der Waals surface area contributed by atoms with Gasteiger partial charge in [-0.1, -0.05) is 77.8 Å². The van der Waals surface area contributed by atoms with E-state index in [1.54, 1.807) is 24.5 Å². The van der Waals surface area contributed by atoms with Crippen molar-refractivity contribution in [2.24, 2.45) is 0 Å². The third-order valence-electron chi connectivity index (χ3n) is 6.77. The van der Waals surface area contributed by atoms with Crippen LogP contribution in [0.1, 0.15) is 30.5 Å². The van der Waals surface area contributed by atoms with E-state index in [0.717, 1.165) is 40.9 Å². The smallest absolute Gasteiger partial charge is 0.142 e. The van der Waals surface area contributed by atoms with Gasteiger partial charge in [-0.05, 0) is 60.9 Å². The Kier molecular flexibility index (Phi) is 7.16. The molecule has 4 nitrogen and oxygen atoms in total. The van der Waals surface area contributed by atoms with E-state index in [0.29, 0.717) is 26.7 Å². The van der Waals surface area contributed by atoms with Gasteiger partial charge < -0.3 is 10.0 Å². The molecule has 0 aliphatic heterocycles. The Morgan fingerprint density at radius 2 is 1.54 bits per heavy atom. The Morgan fingerprint density at radius 3 is 2.22 bits per heavy atom.